The van der Waals surface area contributed by atoms with E-state index in [-0.39, 0.29) is 35.3 Å². The molecule has 71 heavy (non-hydrogen) atoms. The second kappa shape index (κ2) is 20.9. The quantitative estimate of drug-likeness (QED) is 0.0225. The molecule has 0 radical (unpaired) electrons. The number of anilines is 3. The number of nitrogens with one attached hydrogen (secondary N) is 2. The summed E-state index contributed by atoms with van der Waals surface area (Å²) in [5, 5.41) is 19.1. The number of aliphatic hydroxyl groups excluding tert-OH is 1. The van der Waals surface area contributed by atoms with E-state index >= 15 is 0 Å². The molecular formula is C43H58N10O15P2S. The molecule has 0 spiro atoms. The van der Waals surface area contributed by atoms with Crippen molar-refractivity contribution in [3.63, 3.8) is 0 Å². The van der Waals surface area contributed by atoms with Crippen molar-refractivity contribution in [2.24, 2.45) is 4.99 Å². The summed E-state index contributed by atoms with van der Waals surface area (Å²) in [6.45, 7) is 8.12. The van der Waals surface area contributed by atoms with E-state index in [0.717, 1.165) is 50.5 Å². The van der Waals surface area contributed by atoms with Gasteiger partial charge in [-0.2, -0.15) is 0 Å². The second-order valence-electron chi connectivity index (χ2n) is 18.3. The minimum atomic E-state index is -5.24. The molecule has 0 bridgehead atoms. The predicted molar refractivity (Wildman–Crippen MR) is 256 cm³/mol. The van der Waals surface area contributed by atoms with Gasteiger partial charge in [-0.15, -0.1) is 0 Å². The number of fused-ring (bicyclic) bond motifs is 5. The van der Waals surface area contributed by atoms with Gasteiger partial charge in [0.2, 0.25) is 17.2 Å². The topological polar surface area (TPSA) is 359 Å². The number of phosphoric acid groups is 2. The number of carbonyl (C=O) groups excluding carboxylic acids is 1. The highest BCUT2D eigenvalue weighted by atomic mass is 32.2. The van der Waals surface area contributed by atoms with Crippen molar-refractivity contribution in [2.45, 2.75) is 102 Å². The van der Waals surface area contributed by atoms with E-state index in [9.17, 15) is 51.6 Å². The Morgan fingerprint density at radius 1 is 1.04 bits per heavy atom. The van der Waals surface area contributed by atoms with Crippen molar-refractivity contribution in [3.05, 3.63) is 58.5 Å². The number of amides is 1. The van der Waals surface area contributed by atoms with Crippen LogP contribution in [0.1, 0.15) is 83.1 Å². The van der Waals surface area contributed by atoms with Crippen LogP contribution in [0, 0.1) is 0 Å². The van der Waals surface area contributed by atoms with Crippen LogP contribution >= 0.6 is 15.6 Å². The molecule has 4 aromatic rings. The van der Waals surface area contributed by atoms with Gasteiger partial charge < -0.3 is 60.0 Å². The number of carbonyl (C=O) groups is 1. The van der Waals surface area contributed by atoms with Crippen molar-refractivity contribution in [1.82, 2.24) is 29.4 Å². The van der Waals surface area contributed by atoms with Crippen molar-refractivity contribution in [3.8, 4) is 11.5 Å². The molecule has 28 heteroatoms. The Morgan fingerprint density at radius 2 is 1.80 bits per heavy atom. The molecule has 2 aromatic carbocycles. The van der Waals surface area contributed by atoms with Crippen LogP contribution in [0.5, 0.6) is 11.5 Å². The number of nitrogens with two attached hydrogens (primary N) is 1. The molecule has 6 heterocycles. The minimum Gasteiger partial charge on any atom is -0.748 e. The number of phosphoric ester groups is 2. The molecular weight excluding hydrogens is 991 g/mol. The van der Waals surface area contributed by atoms with E-state index in [1.165, 1.54) is 10.1 Å². The first-order chi connectivity index (χ1) is 33.5. The summed E-state index contributed by atoms with van der Waals surface area (Å²) in [4.78, 5) is 70.2. The maximum Gasteiger partial charge on any atom is 0.470 e. The summed E-state index contributed by atoms with van der Waals surface area (Å²) >= 11 is 0. The number of nitrogen functional groups attached to an aromatic ring is 1. The van der Waals surface area contributed by atoms with E-state index in [2.05, 4.69) is 52.6 Å². The van der Waals surface area contributed by atoms with Gasteiger partial charge >= 0.3 is 15.6 Å². The number of hydrogen-bond acceptors (Lipinski definition) is 18. The number of aryl methyl sites for hydroxylation is 1. The van der Waals surface area contributed by atoms with Gasteiger partial charge in [0.05, 0.1) is 34.1 Å². The normalized spacial score (nSPS) is 20.6. The summed E-state index contributed by atoms with van der Waals surface area (Å²) in [5.41, 5.74) is 8.87. The van der Waals surface area contributed by atoms with Crippen molar-refractivity contribution >= 4 is 71.5 Å². The lowest BCUT2D eigenvalue weighted by atomic mass is 9.88. The molecule has 386 valence electrons. The lowest BCUT2D eigenvalue weighted by molar-refractivity contribution is -0.121. The van der Waals surface area contributed by atoms with Crippen molar-refractivity contribution < 1.29 is 70.1 Å². The van der Waals surface area contributed by atoms with Crippen LogP contribution in [0.15, 0.2) is 41.7 Å². The number of aromatic nitrogens is 4. The van der Waals surface area contributed by atoms with Crippen LogP contribution in [-0.4, -0.2) is 132 Å². The molecule has 9 N–H and O–H groups in total. The summed E-state index contributed by atoms with van der Waals surface area (Å²) < 4.78 is 84.7. The van der Waals surface area contributed by atoms with Crippen LogP contribution in [0.3, 0.4) is 0 Å². The first-order valence-electron chi connectivity index (χ1n) is 23.2. The maximum absolute atomic E-state index is 13.1. The molecule has 1 fully saturated rings. The van der Waals surface area contributed by atoms with E-state index in [0.29, 0.717) is 78.3 Å². The third kappa shape index (κ3) is 12.3. The highest BCUT2D eigenvalue weighted by Gasteiger charge is 2.50. The zero-order chi connectivity index (χ0) is 51.0. The average Bonchev–Trinajstić information content (AvgIpc) is 3.79. The number of nitrogens with zero attached hydrogens (tertiary/aromatic N) is 7. The third-order valence-corrected chi connectivity index (χ3v) is 14.4. The van der Waals surface area contributed by atoms with Crippen molar-refractivity contribution in [2.75, 3.05) is 61.0 Å². The Balaban J connectivity index is 0.848. The Kier molecular flexibility index (Phi) is 15.4. The molecule has 2 aromatic heterocycles. The molecule has 1 amide bonds. The van der Waals surface area contributed by atoms with E-state index < -0.39 is 68.2 Å². The summed E-state index contributed by atoms with van der Waals surface area (Å²) in [6, 6.07) is 7.72. The van der Waals surface area contributed by atoms with Gasteiger partial charge in [0.25, 0.3) is 0 Å². The van der Waals surface area contributed by atoms with E-state index in [1.54, 1.807) is 12.1 Å². The molecule has 1 saturated heterocycles. The third-order valence-electron chi connectivity index (χ3n) is 12.7. The highest BCUT2D eigenvalue weighted by molar-refractivity contribution is 7.86. The summed E-state index contributed by atoms with van der Waals surface area (Å²) in [5.74, 6) is 0.388. The van der Waals surface area contributed by atoms with Crippen LogP contribution < -0.4 is 41.3 Å². The van der Waals surface area contributed by atoms with Crippen LogP contribution in [0.25, 0.3) is 16.7 Å². The van der Waals surface area contributed by atoms with Crippen LogP contribution in [0.4, 0.5) is 23.1 Å². The number of ether oxygens (including phenoxy) is 2. The van der Waals surface area contributed by atoms with E-state index in [1.807, 2.05) is 26.0 Å². The molecule has 4 aliphatic heterocycles. The zero-order valence-electron chi connectivity index (χ0n) is 39.2. The Hall–Kier alpha value is -4.95. The predicted octanol–water partition coefficient (Wildman–Crippen LogP) is 1.86. The fourth-order valence-electron chi connectivity index (χ4n) is 9.58. The van der Waals surface area contributed by atoms with Gasteiger partial charge in [-0.05, 0) is 64.2 Å². The number of hydrogen-bond donors (Lipinski definition) is 8. The fraction of sp³-hybridized carbons (Fsp3) is 0.535. The zero-order valence-corrected chi connectivity index (χ0v) is 41.8. The van der Waals surface area contributed by atoms with Crippen LogP contribution in [-0.2, 0) is 44.2 Å². The average molecular weight is 1050 g/mol. The van der Waals surface area contributed by atoms with Gasteiger partial charge in [0.15, 0.2) is 34.7 Å². The standard InChI is InChI=1S/C43H58N10O15P2S/c1-4-51-15-9-11-25-17-28-32(19-30(25)51)66-33-20-31-27(18-29(33)49-28)26(23-71(62,63)64)21-43(2,3)52(31)16-10-12-35(54)45-13-7-5-6-8-14-46-42-50-36-39(44)47-24-48-40(36)53(42)41-37(55)38(68-70(59,60)61)34(67-41)22-65-69(56,57)58/h17-21,24,34,37-38,41,44,49,55H,4-16,22-23H2,1-3H3,(H6,45,54,56,57,58,59,60,61,62,63,64)/t34-,37-,38-,41-/m1/s1. The van der Waals surface area contributed by atoms with Gasteiger partial charge in [0.1, 0.15) is 48.8 Å². The Bertz CT molecular complexity index is 3070. The first-order valence-corrected chi connectivity index (χ1v) is 27.8. The van der Waals surface area contributed by atoms with E-state index in [4.69, 9.17) is 24.7 Å². The maximum atomic E-state index is 13.1. The van der Waals surface area contributed by atoms with Crippen LogP contribution in [0.2, 0.25) is 0 Å². The fourth-order valence-corrected chi connectivity index (χ4v) is 11.1. The summed E-state index contributed by atoms with van der Waals surface area (Å²) in [7, 11) is -14.9. The molecule has 0 aliphatic carbocycles. The van der Waals surface area contributed by atoms with Gasteiger partial charge in [-0.25, -0.2) is 42.1 Å². The molecule has 0 unspecified atom stereocenters. The number of imidazole rings is 1. The lowest BCUT2D eigenvalue weighted by Gasteiger charge is -2.44. The number of unbranched alkanes of at least 4 members (excludes halogenated alkanes) is 3. The minimum absolute atomic E-state index is 0.0169. The molecule has 8 rings (SSSR count). The first kappa shape index (κ1) is 52.4. The second-order valence-corrected chi connectivity index (χ2v) is 22.1. The largest absolute Gasteiger partial charge is 0.748 e. The monoisotopic (exact) mass is 1050 g/mol. The lowest BCUT2D eigenvalue weighted by Crippen LogP contribution is -2.46. The highest BCUT2D eigenvalue weighted by Crippen LogP contribution is 2.48. The smallest absolute Gasteiger partial charge is 0.470 e. The van der Waals surface area contributed by atoms with Gasteiger partial charge in [0, 0.05) is 55.4 Å². The Labute approximate surface area is 408 Å². The molecule has 4 atom stereocenters. The summed E-state index contributed by atoms with van der Waals surface area (Å²) in [6.07, 6.45) is 1.72. The number of rotatable bonds is 21. The molecule has 25 nitrogen and oxygen atoms in total. The number of aliphatic hydroxyl groups is 1. The SMILES string of the molecule is CC[N+]1=c2cc3c(cc2CCC1)=Nc1cc2c(cc1O3)N(CCCC(=O)NCCCCCCNc1nc3c(N)ncnc3n1[C@@H]1O[C@H](COP(=O)(O)O)[C@@H](OP(=O)(O)O)[C@H]1O)C(C)(C)C=C2CS(=O)(=O)[O-]. The van der Waals surface area contributed by atoms with Gasteiger partial charge in [-0.3, -0.25) is 18.4 Å². The Morgan fingerprint density at radius 3 is 2.52 bits per heavy atom. The van der Waals surface area contributed by atoms with Gasteiger partial charge in [-0.1, -0.05) is 18.9 Å². The molecule has 4 aliphatic rings. The van der Waals surface area contributed by atoms with Crippen molar-refractivity contribution in [1.29, 1.82) is 0 Å². The number of benzene rings is 2. The molecule has 0 saturated carbocycles.